The molecule has 0 aromatic carbocycles. The van der Waals surface area contributed by atoms with E-state index in [-0.39, 0.29) is 5.54 Å². The topological polar surface area (TPSA) is 41.1 Å². The second kappa shape index (κ2) is 3.15. The Hall–Kier alpha value is -0.410. The number of ketones is 1. The summed E-state index contributed by atoms with van der Waals surface area (Å²) in [5.74, 6) is 0.418. The molecule has 12 heavy (non-hydrogen) atoms. The van der Waals surface area contributed by atoms with Crippen LogP contribution in [0, 0.1) is 0 Å². The zero-order valence-corrected chi connectivity index (χ0v) is 7.36. The van der Waals surface area contributed by atoms with Crippen LogP contribution in [-0.2, 0) is 4.79 Å². The maximum atomic E-state index is 11.7. The summed E-state index contributed by atoms with van der Waals surface area (Å²) < 4.78 is 0. The van der Waals surface area contributed by atoms with E-state index in [2.05, 4.69) is 10.9 Å². The number of carbonyl (C=O) groups is 1. The molecule has 2 fully saturated rings. The minimum absolute atomic E-state index is 0.184. The first-order valence-electron chi connectivity index (χ1n) is 4.87. The van der Waals surface area contributed by atoms with Crippen molar-refractivity contribution in [2.75, 3.05) is 6.54 Å². The van der Waals surface area contributed by atoms with Gasteiger partial charge in [-0.2, -0.15) is 0 Å². The molecule has 1 heterocycles. The lowest BCUT2D eigenvalue weighted by atomic mass is 9.77. The van der Waals surface area contributed by atoms with Crippen LogP contribution >= 0.6 is 0 Å². The standard InChI is InChI=1S/C9H16N2O/c12-8-4-7-10-11-9(8)5-2-1-3-6-9/h10-11H,1-7H2. The third-order valence-corrected chi connectivity index (χ3v) is 3.05. The minimum atomic E-state index is -0.184. The molecule has 1 aliphatic heterocycles. The van der Waals surface area contributed by atoms with Gasteiger partial charge >= 0.3 is 0 Å². The van der Waals surface area contributed by atoms with Crippen LogP contribution in [0.15, 0.2) is 0 Å². The van der Waals surface area contributed by atoms with Gasteiger partial charge in [-0.3, -0.25) is 10.2 Å². The van der Waals surface area contributed by atoms with E-state index in [1.165, 1.54) is 19.3 Å². The molecular formula is C9H16N2O. The van der Waals surface area contributed by atoms with Gasteiger partial charge in [0.2, 0.25) is 0 Å². The average molecular weight is 168 g/mol. The Labute approximate surface area is 72.9 Å². The molecule has 2 N–H and O–H groups in total. The van der Waals surface area contributed by atoms with Crippen molar-refractivity contribution >= 4 is 5.78 Å². The number of rotatable bonds is 0. The molecule has 3 nitrogen and oxygen atoms in total. The van der Waals surface area contributed by atoms with E-state index in [1.54, 1.807) is 0 Å². The zero-order chi connectivity index (χ0) is 8.44. The lowest BCUT2D eigenvalue weighted by molar-refractivity contribution is -0.129. The SMILES string of the molecule is O=C1CCNNC12CCCCC2. The summed E-state index contributed by atoms with van der Waals surface area (Å²) in [4.78, 5) is 11.7. The molecular weight excluding hydrogens is 152 g/mol. The number of nitrogens with one attached hydrogen (secondary N) is 2. The van der Waals surface area contributed by atoms with Crippen molar-refractivity contribution in [1.29, 1.82) is 0 Å². The molecule has 0 unspecified atom stereocenters. The Morgan fingerprint density at radius 3 is 2.58 bits per heavy atom. The van der Waals surface area contributed by atoms with E-state index in [9.17, 15) is 4.79 Å². The summed E-state index contributed by atoms with van der Waals surface area (Å²) in [5, 5.41) is 0. The van der Waals surface area contributed by atoms with Crippen molar-refractivity contribution < 1.29 is 4.79 Å². The molecule has 0 bridgehead atoms. The first-order valence-corrected chi connectivity index (χ1v) is 4.87. The van der Waals surface area contributed by atoms with E-state index in [0.29, 0.717) is 12.2 Å². The van der Waals surface area contributed by atoms with E-state index in [0.717, 1.165) is 19.4 Å². The maximum Gasteiger partial charge on any atom is 0.155 e. The predicted octanol–water partition coefficient (Wildman–Crippen LogP) is 0.756. The first-order chi connectivity index (χ1) is 5.83. The van der Waals surface area contributed by atoms with Crippen LogP contribution in [0.4, 0.5) is 0 Å². The molecule has 0 atom stereocenters. The molecule has 1 aliphatic carbocycles. The summed E-state index contributed by atoms with van der Waals surface area (Å²) in [7, 11) is 0. The van der Waals surface area contributed by atoms with Crippen LogP contribution in [0.1, 0.15) is 38.5 Å². The quantitative estimate of drug-likeness (QED) is 0.561. The molecule has 0 aromatic heterocycles. The number of Topliss-reactive ketones (excluding diaryl/α,β-unsaturated/α-hetero) is 1. The van der Waals surface area contributed by atoms with Gasteiger partial charge in [0, 0.05) is 13.0 Å². The van der Waals surface area contributed by atoms with E-state index in [4.69, 9.17) is 0 Å². The second-order valence-corrected chi connectivity index (χ2v) is 3.87. The van der Waals surface area contributed by atoms with Crippen LogP contribution in [-0.4, -0.2) is 17.9 Å². The fourth-order valence-electron chi connectivity index (χ4n) is 2.28. The largest absolute Gasteiger partial charge is 0.298 e. The third-order valence-electron chi connectivity index (χ3n) is 3.05. The molecule has 2 aliphatic rings. The van der Waals surface area contributed by atoms with Crippen molar-refractivity contribution in [2.45, 2.75) is 44.1 Å². The van der Waals surface area contributed by atoms with E-state index < -0.39 is 0 Å². The fraction of sp³-hybridized carbons (Fsp3) is 0.889. The van der Waals surface area contributed by atoms with Crippen molar-refractivity contribution in [3.63, 3.8) is 0 Å². The Bertz CT molecular complexity index is 177. The summed E-state index contributed by atoms with van der Waals surface area (Å²) >= 11 is 0. The smallest absolute Gasteiger partial charge is 0.155 e. The second-order valence-electron chi connectivity index (χ2n) is 3.87. The normalized spacial score (nSPS) is 29.2. The van der Waals surface area contributed by atoms with Crippen molar-refractivity contribution in [3.05, 3.63) is 0 Å². The monoisotopic (exact) mass is 168 g/mol. The highest BCUT2D eigenvalue weighted by Crippen LogP contribution is 2.30. The molecule has 68 valence electrons. The lowest BCUT2D eigenvalue weighted by Gasteiger charge is -2.39. The molecule has 2 rings (SSSR count). The fourth-order valence-corrected chi connectivity index (χ4v) is 2.28. The predicted molar refractivity (Wildman–Crippen MR) is 46.6 cm³/mol. The Morgan fingerprint density at radius 1 is 1.17 bits per heavy atom. The lowest BCUT2D eigenvalue weighted by Crippen LogP contribution is -2.62. The van der Waals surface area contributed by atoms with Gasteiger partial charge in [0.25, 0.3) is 0 Å². The van der Waals surface area contributed by atoms with Crippen LogP contribution in [0.2, 0.25) is 0 Å². The number of carbonyl (C=O) groups excluding carboxylic acids is 1. The highest BCUT2D eigenvalue weighted by atomic mass is 16.1. The number of hydrogen-bond acceptors (Lipinski definition) is 3. The summed E-state index contributed by atoms with van der Waals surface area (Å²) in [6.45, 7) is 0.792. The molecule has 0 aromatic rings. The molecule has 1 saturated carbocycles. The average Bonchev–Trinajstić information content (AvgIpc) is 2.12. The molecule has 1 spiro atoms. The van der Waals surface area contributed by atoms with Gasteiger partial charge in [0.05, 0.1) is 5.54 Å². The van der Waals surface area contributed by atoms with E-state index >= 15 is 0 Å². The Morgan fingerprint density at radius 2 is 1.92 bits per heavy atom. The van der Waals surface area contributed by atoms with Gasteiger partial charge in [-0.1, -0.05) is 19.3 Å². The van der Waals surface area contributed by atoms with Gasteiger partial charge < -0.3 is 0 Å². The third kappa shape index (κ3) is 1.27. The number of hydrazine groups is 1. The maximum absolute atomic E-state index is 11.7. The highest BCUT2D eigenvalue weighted by molar-refractivity contribution is 5.89. The molecule has 1 saturated heterocycles. The summed E-state index contributed by atoms with van der Waals surface area (Å²) in [6.07, 6.45) is 6.43. The summed E-state index contributed by atoms with van der Waals surface area (Å²) in [6, 6.07) is 0. The number of hydrogen-bond donors (Lipinski definition) is 2. The van der Waals surface area contributed by atoms with Crippen LogP contribution in [0.25, 0.3) is 0 Å². The zero-order valence-electron chi connectivity index (χ0n) is 7.36. The van der Waals surface area contributed by atoms with E-state index in [1.807, 2.05) is 0 Å². The van der Waals surface area contributed by atoms with Crippen molar-refractivity contribution in [3.8, 4) is 0 Å². The highest BCUT2D eigenvalue weighted by Gasteiger charge is 2.40. The van der Waals surface area contributed by atoms with Crippen molar-refractivity contribution in [2.24, 2.45) is 0 Å². The molecule has 0 radical (unpaired) electrons. The minimum Gasteiger partial charge on any atom is -0.298 e. The van der Waals surface area contributed by atoms with Gasteiger partial charge in [-0.05, 0) is 12.8 Å². The van der Waals surface area contributed by atoms with Gasteiger partial charge in [0.1, 0.15) is 0 Å². The van der Waals surface area contributed by atoms with Gasteiger partial charge in [0.15, 0.2) is 5.78 Å². The summed E-state index contributed by atoms with van der Waals surface area (Å²) in [5.41, 5.74) is 6.11. The Balaban J connectivity index is 2.09. The van der Waals surface area contributed by atoms with Crippen LogP contribution < -0.4 is 10.9 Å². The Kier molecular flexibility index (Phi) is 2.15. The van der Waals surface area contributed by atoms with Crippen LogP contribution in [0.5, 0.6) is 0 Å². The van der Waals surface area contributed by atoms with Crippen LogP contribution in [0.3, 0.4) is 0 Å². The first kappa shape index (κ1) is 8.20. The van der Waals surface area contributed by atoms with Crippen molar-refractivity contribution in [1.82, 2.24) is 10.9 Å². The molecule has 0 amide bonds. The molecule has 3 heteroatoms. The van der Waals surface area contributed by atoms with Gasteiger partial charge in [-0.25, -0.2) is 5.43 Å². The van der Waals surface area contributed by atoms with Gasteiger partial charge in [-0.15, -0.1) is 0 Å².